The molecule has 2 saturated heterocycles. The van der Waals surface area contributed by atoms with Crippen LogP contribution in [-0.2, 0) is 0 Å². The van der Waals surface area contributed by atoms with E-state index >= 15 is 0 Å². The molecule has 4 rings (SSSR count). The Morgan fingerprint density at radius 3 is 2.57 bits per heavy atom. The lowest BCUT2D eigenvalue weighted by molar-refractivity contribution is 0.194. The molecule has 5 heteroatoms. The number of aliphatic imine (C=N–C) groups is 1. The van der Waals surface area contributed by atoms with Crippen LogP contribution in [0.3, 0.4) is 0 Å². The number of rotatable bonds is 6. The summed E-state index contributed by atoms with van der Waals surface area (Å²) < 4.78 is 0. The molecule has 1 unspecified atom stereocenters. The Hall–Kier alpha value is -1.85. The van der Waals surface area contributed by atoms with Crippen LogP contribution in [0.4, 0.5) is 0 Å². The SMILES string of the molecule is CN=C(NCC1CCN(C2CC2)C1)N1CCN(CC=Cc2ccccc2)CC1. The van der Waals surface area contributed by atoms with E-state index in [1.54, 1.807) is 0 Å². The largest absolute Gasteiger partial charge is 0.356 e. The zero-order valence-electron chi connectivity index (χ0n) is 17.3. The number of nitrogens with zero attached hydrogens (tertiary/aromatic N) is 4. The van der Waals surface area contributed by atoms with E-state index in [0.29, 0.717) is 0 Å². The molecule has 0 aromatic heterocycles. The molecule has 0 bridgehead atoms. The van der Waals surface area contributed by atoms with Crippen molar-refractivity contribution >= 4 is 12.0 Å². The van der Waals surface area contributed by atoms with Crippen molar-refractivity contribution in [2.24, 2.45) is 10.9 Å². The average molecular weight is 382 g/mol. The number of benzene rings is 1. The summed E-state index contributed by atoms with van der Waals surface area (Å²) in [6, 6.07) is 11.5. The molecule has 3 aliphatic rings. The summed E-state index contributed by atoms with van der Waals surface area (Å²) in [5, 5.41) is 3.66. The normalized spacial score (nSPS) is 25.0. The van der Waals surface area contributed by atoms with Crippen molar-refractivity contribution in [1.29, 1.82) is 0 Å². The molecule has 1 saturated carbocycles. The number of guanidine groups is 1. The predicted molar refractivity (Wildman–Crippen MR) is 118 cm³/mol. The summed E-state index contributed by atoms with van der Waals surface area (Å²) in [6.07, 6.45) is 8.68. The van der Waals surface area contributed by atoms with Crippen LogP contribution in [0.15, 0.2) is 41.4 Å². The molecule has 2 heterocycles. The Balaban J connectivity index is 1.16. The highest BCUT2D eigenvalue weighted by Crippen LogP contribution is 2.31. The van der Waals surface area contributed by atoms with Gasteiger partial charge in [-0.3, -0.25) is 9.89 Å². The van der Waals surface area contributed by atoms with Crippen molar-refractivity contribution in [3.63, 3.8) is 0 Å². The van der Waals surface area contributed by atoms with Gasteiger partial charge in [0.1, 0.15) is 0 Å². The first-order valence-electron chi connectivity index (χ1n) is 11.0. The van der Waals surface area contributed by atoms with Crippen LogP contribution < -0.4 is 5.32 Å². The zero-order chi connectivity index (χ0) is 19.2. The first-order valence-corrected chi connectivity index (χ1v) is 11.0. The third-order valence-corrected chi connectivity index (χ3v) is 6.29. The molecule has 2 aliphatic heterocycles. The topological polar surface area (TPSA) is 34.1 Å². The van der Waals surface area contributed by atoms with E-state index in [9.17, 15) is 0 Å². The van der Waals surface area contributed by atoms with Gasteiger partial charge in [0.25, 0.3) is 0 Å². The Labute approximate surface area is 170 Å². The van der Waals surface area contributed by atoms with Crippen LogP contribution in [0.2, 0.25) is 0 Å². The number of hydrogen-bond acceptors (Lipinski definition) is 3. The molecule has 1 aromatic rings. The third kappa shape index (κ3) is 5.36. The molecule has 0 amide bonds. The van der Waals surface area contributed by atoms with Gasteiger partial charge in [-0.25, -0.2) is 0 Å². The minimum Gasteiger partial charge on any atom is -0.356 e. The van der Waals surface area contributed by atoms with E-state index in [2.05, 4.69) is 67.5 Å². The second-order valence-electron chi connectivity index (χ2n) is 8.41. The van der Waals surface area contributed by atoms with Gasteiger partial charge in [0.05, 0.1) is 0 Å². The fraction of sp³-hybridized carbons (Fsp3) is 0.609. The van der Waals surface area contributed by atoms with Crippen molar-refractivity contribution in [3.05, 3.63) is 42.0 Å². The predicted octanol–water partition coefficient (Wildman–Crippen LogP) is 2.38. The van der Waals surface area contributed by atoms with E-state index < -0.39 is 0 Å². The quantitative estimate of drug-likeness (QED) is 0.606. The van der Waals surface area contributed by atoms with E-state index in [1.165, 1.54) is 37.9 Å². The maximum absolute atomic E-state index is 4.55. The highest BCUT2D eigenvalue weighted by atomic mass is 15.3. The molecule has 1 aliphatic carbocycles. The van der Waals surface area contributed by atoms with Crippen molar-refractivity contribution in [2.75, 3.05) is 59.4 Å². The lowest BCUT2D eigenvalue weighted by Crippen LogP contribution is -2.53. The summed E-state index contributed by atoms with van der Waals surface area (Å²) in [6.45, 7) is 8.96. The van der Waals surface area contributed by atoms with Crippen molar-refractivity contribution in [1.82, 2.24) is 20.0 Å². The van der Waals surface area contributed by atoms with Crippen LogP contribution in [0.25, 0.3) is 6.08 Å². The number of piperazine rings is 1. The van der Waals surface area contributed by atoms with E-state index in [1.807, 2.05) is 7.05 Å². The highest BCUT2D eigenvalue weighted by molar-refractivity contribution is 5.80. The van der Waals surface area contributed by atoms with Crippen LogP contribution in [0.1, 0.15) is 24.8 Å². The maximum Gasteiger partial charge on any atom is 0.193 e. The van der Waals surface area contributed by atoms with Gasteiger partial charge in [-0.15, -0.1) is 0 Å². The van der Waals surface area contributed by atoms with Crippen LogP contribution in [0, 0.1) is 5.92 Å². The molecule has 152 valence electrons. The molecule has 1 aromatic carbocycles. The maximum atomic E-state index is 4.55. The van der Waals surface area contributed by atoms with Crippen molar-refractivity contribution in [2.45, 2.75) is 25.3 Å². The van der Waals surface area contributed by atoms with Crippen LogP contribution >= 0.6 is 0 Å². The lowest BCUT2D eigenvalue weighted by atomic mass is 10.1. The first kappa shape index (κ1) is 19.5. The molecular formula is C23H35N5. The van der Waals surface area contributed by atoms with E-state index in [4.69, 9.17) is 0 Å². The molecule has 1 N–H and O–H groups in total. The van der Waals surface area contributed by atoms with E-state index in [0.717, 1.165) is 57.2 Å². The molecule has 0 radical (unpaired) electrons. The summed E-state index contributed by atoms with van der Waals surface area (Å²) in [4.78, 5) is 12.2. The van der Waals surface area contributed by atoms with Crippen LogP contribution in [-0.4, -0.2) is 86.1 Å². The van der Waals surface area contributed by atoms with Gasteiger partial charge in [-0.2, -0.15) is 0 Å². The van der Waals surface area contributed by atoms with Gasteiger partial charge in [0.2, 0.25) is 0 Å². The van der Waals surface area contributed by atoms with Crippen molar-refractivity contribution < 1.29 is 0 Å². The minimum atomic E-state index is 0.779. The monoisotopic (exact) mass is 381 g/mol. The smallest absolute Gasteiger partial charge is 0.193 e. The standard InChI is InChI=1S/C23H35N5/c1-24-23(25-18-21-11-13-28(19-21)22-9-10-22)27-16-14-26(15-17-27)12-5-8-20-6-3-2-4-7-20/h2-8,21-22H,9-19H2,1H3,(H,24,25). The zero-order valence-corrected chi connectivity index (χ0v) is 17.3. The Kier molecular flexibility index (Phi) is 6.65. The fourth-order valence-electron chi connectivity index (χ4n) is 4.41. The summed E-state index contributed by atoms with van der Waals surface area (Å²) in [5.74, 6) is 1.87. The highest BCUT2D eigenvalue weighted by Gasteiger charge is 2.34. The van der Waals surface area contributed by atoms with Gasteiger partial charge in [0.15, 0.2) is 5.96 Å². The third-order valence-electron chi connectivity index (χ3n) is 6.29. The number of nitrogens with one attached hydrogen (secondary N) is 1. The van der Waals surface area contributed by atoms with Gasteiger partial charge in [0, 0.05) is 58.9 Å². The van der Waals surface area contributed by atoms with E-state index in [-0.39, 0.29) is 0 Å². The number of likely N-dealkylation sites (tertiary alicyclic amines) is 1. The molecule has 5 nitrogen and oxygen atoms in total. The summed E-state index contributed by atoms with van der Waals surface area (Å²) >= 11 is 0. The molecule has 3 fully saturated rings. The number of hydrogen-bond donors (Lipinski definition) is 1. The summed E-state index contributed by atoms with van der Waals surface area (Å²) in [5.41, 5.74) is 1.28. The molecule has 28 heavy (non-hydrogen) atoms. The Morgan fingerprint density at radius 2 is 1.86 bits per heavy atom. The van der Waals surface area contributed by atoms with Gasteiger partial charge in [-0.1, -0.05) is 42.5 Å². The molecule has 0 spiro atoms. The summed E-state index contributed by atoms with van der Waals surface area (Å²) in [7, 11) is 1.92. The first-order chi connectivity index (χ1) is 13.8. The van der Waals surface area contributed by atoms with Crippen LogP contribution in [0.5, 0.6) is 0 Å². The Bertz CT molecular complexity index is 659. The van der Waals surface area contributed by atoms with Gasteiger partial charge in [-0.05, 0) is 37.3 Å². The fourth-order valence-corrected chi connectivity index (χ4v) is 4.41. The van der Waals surface area contributed by atoms with Crippen molar-refractivity contribution in [3.8, 4) is 0 Å². The molecule has 1 atom stereocenters. The second kappa shape index (κ2) is 9.57. The lowest BCUT2D eigenvalue weighted by Gasteiger charge is -2.36. The second-order valence-corrected chi connectivity index (χ2v) is 8.41. The molecular weight excluding hydrogens is 346 g/mol. The average Bonchev–Trinajstić information content (AvgIpc) is 3.49. The minimum absolute atomic E-state index is 0.779. The Morgan fingerprint density at radius 1 is 1.07 bits per heavy atom. The van der Waals surface area contributed by atoms with Gasteiger partial charge < -0.3 is 15.1 Å². The van der Waals surface area contributed by atoms with Gasteiger partial charge >= 0.3 is 0 Å².